The van der Waals surface area contributed by atoms with Crippen LogP contribution in [-0.4, -0.2) is 49.2 Å². The van der Waals surface area contributed by atoms with Gasteiger partial charge in [-0.2, -0.15) is 0 Å². The normalized spacial score (nSPS) is 24.8. The molecule has 4 nitrogen and oxygen atoms in total. The van der Waals surface area contributed by atoms with Crippen molar-refractivity contribution in [3.63, 3.8) is 0 Å². The molecule has 2 heterocycles. The zero-order chi connectivity index (χ0) is 15.2. The molecule has 1 amide bonds. The largest absolute Gasteiger partial charge is 0.378 e. The van der Waals surface area contributed by atoms with Crippen molar-refractivity contribution in [2.75, 3.05) is 26.3 Å². The molecule has 2 fully saturated rings. The molecule has 1 aromatic carbocycles. The number of nitrogens with zero attached hydrogens (tertiary/aromatic N) is 1. The second kappa shape index (κ2) is 9.26. The average Bonchev–Trinajstić information content (AvgIpc) is 2.57. The summed E-state index contributed by atoms with van der Waals surface area (Å²) in [6.45, 7) is 3.17. The minimum atomic E-state index is 0. The molecule has 3 rings (SSSR count). The molecule has 2 aliphatic rings. The zero-order valence-corrected chi connectivity index (χ0v) is 14.4. The molecule has 0 saturated carbocycles. The molecular formula is C18H27ClN2O2. The Morgan fingerprint density at radius 3 is 2.83 bits per heavy atom. The van der Waals surface area contributed by atoms with Crippen molar-refractivity contribution in [2.24, 2.45) is 0 Å². The third-order valence-electron chi connectivity index (χ3n) is 4.68. The smallest absolute Gasteiger partial charge is 0.224 e. The highest BCUT2D eigenvalue weighted by molar-refractivity contribution is 5.85. The standard InChI is InChI=1S/C18H26N2O2.ClH/c21-18(13-16-14-22-11-9-19-16)20-10-5-4-8-17(20)12-15-6-2-1-3-7-15;/h1-3,6-7,16-17,19H,4-5,8-14H2;1H. The highest BCUT2D eigenvalue weighted by Gasteiger charge is 2.28. The van der Waals surface area contributed by atoms with E-state index in [1.54, 1.807) is 0 Å². The van der Waals surface area contributed by atoms with Gasteiger partial charge in [0.05, 0.1) is 13.2 Å². The van der Waals surface area contributed by atoms with Crippen LogP contribution in [0.2, 0.25) is 0 Å². The summed E-state index contributed by atoms with van der Waals surface area (Å²) in [5.41, 5.74) is 1.33. The van der Waals surface area contributed by atoms with Gasteiger partial charge < -0.3 is 15.0 Å². The molecule has 2 atom stereocenters. The van der Waals surface area contributed by atoms with E-state index in [0.29, 0.717) is 19.1 Å². The zero-order valence-electron chi connectivity index (χ0n) is 13.6. The fourth-order valence-electron chi connectivity index (χ4n) is 3.51. The van der Waals surface area contributed by atoms with Crippen LogP contribution in [0.5, 0.6) is 0 Å². The van der Waals surface area contributed by atoms with Gasteiger partial charge in [-0.1, -0.05) is 30.3 Å². The first-order chi connectivity index (χ1) is 10.8. The number of halogens is 1. The Morgan fingerprint density at radius 1 is 1.26 bits per heavy atom. The van der Waals surface area contributed by atoms with Crippen LogP contribution in [0.4, 0.5) is 0 Å². The van der Waals surface area contributed by atoms with E-state index in [9.17, 15) is 4.79 Å². The molecule has 2 saturated heterocycles. The minimum Gasteiger partial charge on any atom is -0.378 e. The monoisotopic (exact) mass is 338 g/mol. The maximum absolute atomic E-state index is 12.7. The number of piperidine rings is 1. The Hall–Kier alpha value is -1.10. The molecule has 0 aromatic heterocycles. The highest BCUT2D eigenvalue weighted by atomic mass is 35.5. The lowest BCUT2D eigenvalue weighted by molar-refractivity contribution is -0.136. The number of benzene rings is 1. The van der Waals surface area contributed by atoms with E-state index >= 15 is 0 Å². The number of ether oxygens (including phenoxy) is 1. The topological polar surface area (TPSA) is 41.6 Å². The Balaban J connectivity index is 0.00000192. The molecule has 0 aliphatic carbocycles. The first-order valence-electron chi connectivity index (χ1n) is 8.47. The number of amides is 1. The maximum atomic E-state index is 12.7. The first-order valence-corrected chi connectivity index (χ1v) is 8.47. The fraction of sp³-hybridized carbons (Fsp3) is 0.611. The summed E-state index contributed by atoms with van der Waals surface area (Å²) in [6, 6.07) is 11.1. The lowest BCUT2D eigenvalue weighted by Gasteiger charge is -2.37. The van der Waals surface area contributed by atoms with Crippen molar-refractivity contribution in [2.45, 2.75) is 44.2 Å². The van der Waals surface area contributed by atoms with Crippen LogP contribution < -0.4 is 5.32 Å². The molecule has 2 aliphatic heterocycles. The summed E-state index contributed by atoms with van der Waals surface area (Å²) in [7, 11) is 0. The minimum absolute atomic E-state index is 0. The van der Waals surface area contributed by atoms with Crippen LogP contribution in [0.1, 0.15) is 31.2 Å². The van der Waals surface area contributed by atoms with E-state index in [1.165, 1.54) is 12.0 Å². The van der Waals surface area contributed by atoms with E-state index in [1.807, 2.05) is 6.07 Å². The van der Waals surface area contributed by atoms with Gasteiger partial charge in [0.2, 0.25) is 5.91 Å². The van der Waals surface area contributed by atoms with Crippen molar-refractivity contribution in [3.05, 3.63) is 35.9 Å². The van der Waals surface area contributed by atoms with Crippen molar-refractivity contribution in [3.8, 4) is 0 Å². The molecule has 5 heteroatoms. The van der Waals surface area contributed by atoms with Crippen molar-refractivity contribution >= 4 is 18.3 Å². The van der Waals surface area contributed by atoms with Crippen LogP contribution in [0.3, 0.4) is 0 Å². The predicted molar refractivity (Wildman–Crippen MR) is 94.0 cm³/mol. The van der Waals surface area contributed by atoms with Crippen LogP contribution in [0, 0.1) is 0 Å². The Bertz CT molecular complexity index is 477. The van der Waals surface area contributed by atoms with Gasteiger partial charge in [0.15, 0.2) is 0 Å². The third kappa shape index (κ3) is 5.20. The van der Waals surface area contributed by atoms with Gasteiger partial charge in [-0.25, -0.2) is 0 Å². The molecule has 0 radical (unpaired) electrons. The van der Waals surface area contributed by atoms with Gasteiger partial charge in [-0.15, -0.1) is 12.4 Å². The molecule has 1 aromatic rings. The van der Waals surface area contributed by atoms with Crippen LogP contribution in [0.15, 0.2) is 30.3 Å². The number of carbonyl (C=O) groups is 1. The number of hydrogen-bond donors (Lipinski definition) is 1. The fourth-order valence-corrected chi connectivity index (χ4v) is 3.51. The molecule has 0 bridgehead atoms. The Morgan fingerprint density at radius 2 is 2.09 bits per heavy atom. The number of carbonyl (C=O) groups excluding carboxylic acids is 1. The third-order valence-corrected chi connectivity index (χ3v) is 4.68. The lowest BCUT2D eigenvalue weighted by atomic mass is 9.95. The molecule has 23 heavy (non-hydrogen) atoms. The van der Waals surface area contributed by atoms with Gasteiger partial charge in [0.1, 0.15) is 0 Å². The maximum Gasteiger partial charge on any atom is 0.224 e. The molecule has 0 spiro atoms. The van der Waals surface area contributed by atoms with Gasteiger partial charge in [-0.05, 0) is 31.2 Å². The summed E-state index contributed by atoms with van der Waals surface area (Å²) in [4.78, 5) is 14.8. The molecular weight excluding hydrogens is 312 g/mol. The van der Waals surface area contributed by atoms with Crippen molar-refractivity contribution in [1.29, 1.82) is 0 Å². The SMILES string of the molecule is Cl.O=C(CC1COCCN1)N1CCCCC1Cc1ccccc1. The van der Waals surface area contributed by atoms with Crippen LogP contribution in [0.25, 0.3) is 0 Å². The Labute approximate surface area is 145 Å². The van der Waals surface area contributed by atoms with Crippen LogP contribution in [-0.2, 0) is 16.0 Å². The Kier molecular flexibility index (Phi) is 7.34. The second-order valence-electron chi connectivity index (χ2n) is 6.36. The van der Waals surface area contributed by atoms with Gasteiger partial charge in [0, 0.05) is 31.6 Å². The number of nitrogens with one attached hydrogen (secondary N) is 1. The summed E-state index contributed by atoms with van der Waals surface area (Å²) in [5, 5.41) is 3.38. The predicted octanol–water partition coefficient (Wildman–Crippen LogP) is 2.41. The van der Waals surface area contributed by atoms with Gasteiger partial charge >= 0.3 is 0 Å². The molecule has 2 unspecified atom stereocenters. The first kappa shape index (κ1) is 18.2. The summed E-state index contributed by atoms with van der Waals surface area (Å²) >= 11 is 0. The number of morpholine rings is 1. The van der Waals surface area contributed by atoms with Gasteiger partial charge in [0.25, 0.3) is 0 Å². The van der Waals surface area contributed by atoms with Crippen molar-refractivity contribution in [1.82, 2.24) is 10.2 Å². The van der Waals surface area contributed by atoms with E-state index in [-0.39, 0.29) is 24.4 Å². The number of likely N-dealkylation sites (tertiary alicyclic amines) is 1. The van der Waals surface area contributed by atoms with Crippen molar-refractivity contribution < 1.29 is 9.53 Å². The quantitative estimate of drug-likeness (QED) is 0.916. The lowest BCUT2D eigenvalue weighted by Crippen LogP contribution is -2.49. The summed E-state index contributed by atoms with van der Waals surface area (Å²) in [5.74, 6) is 0.281. The van der Waals surface area contributed by atoms with E-state index in [2.05, 4.69) is 34.5 Å². The molecule has 1 N–H and O–H groups in total. The summed E-state index contributed by atoms with van der Waals surface area (Å²) < 4.78 is 5.46. The highest BCUT2D eigenvalue weighted by Crippen LogP contribution is 2.22. The van der Waals surface area contributed by atoms with E-state index < -0.39 is 0 Å². The van der Waals surface area contributed by atoms with E-state index in [0.717, 1.165) is 39.0 Å². The number of rotatable bonds is 4. The molecule has 128 valence electrons. The average molecular weight is 339 g/mol. The second-order valence-corrected chi connectivity index (χ2v) is 6.36. The number of hydrogen-bond acceptors (Lipinski definition) is 3. The summed E-state index contributed by atoms with van der Waals surface area (Å²) in [6.07, 6.45) is 5.01. The van der Waals surface area contributed by atoms with Crippen LogP contribution >= 0.6 is 12.4 Å². The van der Waals surface area contributed by atoms with E-state index in [4.69, 9.17) is 4.74 Å². The van der Waals surface area contributed by atoms with Gasteiger partial charge in [-0.3, -0.25) is 4.79 Å².